The minimum atomic E-state index is -1.16. The van der Waals surface area contributed by atoms with Gasteiger partial charge in [0.05, 0.1) is 11.3 Å². The fourth-order valence-electron chi connectivity index (χ4n) is 2.95. The summed E-state index contributed by atoms with van der Waals surface area (Å²) in [6, 6.07) is 1.56. The van der Waals surface area contributed by atoms with Gasteiger partial charge in [-0.1, -0.05) is 0 Å². The molecule has 1 aliphatic carbocycles. The highest BCUT2D eigenvalue weighted by Gasteiger charge is 2.42. The van der Waals surface area contributed by atoms with Crippen molar-refractivity contribution in [3.63, 3.8) is 0 Å². The lowest BCUT2D eigenvalue weighted by Gasteiger charge is -2.47. The molecule has 0 aromatic heterocycles. The lowest BCUT2D eigenvalue weighted by atomic mass is 9.74. The zero-order valence-electron chi connectivity index (χ0n) is 10.5. The van der Waals surface area contributed by atoms with Gasteiger partial charge in [-0.25, -0.2) is 13.2 Å². The van der Waals surface area contributed by atoms with Gasteiger partial charge in [-0.3, -0.25) is 0 Å². The van der Waals surface area contributed by atoms with E-state index >= 15 is 0 Å². The monoisotopic (exact) mass is 271 g/mol. The second kappa shape index (κ2) is 4.71. The predicted molar refractivity (Wildman–Crippen MR) is 65.5 cm³/mol. The molecule has 0 amide bonds. The smallest absolute Gasteiger partial charge is 0.182 e. The molecule has 1 aromatic carbocycles. The van der Waals surface area contributed by atoms with Crippen LogP contribution in [0.1, 0.15) is 32.1 Å². The van der Waals surface area contributed by atoms with Crippen molar-refractivity contribution >= 4 is 5.69 Å². The first-order valence-corrected chi connectivity index (χ1v) is 6.63. The van der Waals surface area contributed by atoms with Crippen LogP contribution in [-0.4, -0.2) is 18.2 Å². The Morgan fingerprint density at radius 1 is 1.21 bits per heavy atom. The van der Waals surface area contributed by atoms with Gasteiger partial charge in [0.2, 0.25) is 0 Å². The maximum Gasteiger partial charge on any atom is 0.182 e. The molecule has 2 aliphatic rings. The summed E-state index contributed by atoms with van der Waals surface area (Å²) in [4.78, 5) is 0. The number of nitrogens with one attached hydrogen (secondary N) is 1. The van der Waals surface area contributed by atoms with Gasteiger partial charge in [0.15, 0.2) is 11.6 Å². The van der Waals surface area contributed by atoms with Crippen LogP contribution in [0.3, 0.4) is 0 Å². The molecule has 2 fully saturated rings. The fourth-order valence-corrected chi connectivity index (χ4v) is 2.95. The third-order valence-electron chi connectivity index (χ3n) is 4.11. The Hall–Kier alpha value is -1.23. The Kier molecular flexibility index (Phi) is 3.17. The lowest BCUT2D eigenvalue weighted by Crippen LogP contribution is -2.49. The summed E-state index contributed by atoms with van der Waals surface area (Å²) in [5, 5.41) is 2.92. The highest BCUT2D eigenvalue weighted by atomic mass is 19.2. The third-order valence-corrected chi connectivity index (χ3v) is 4.11. The molecule has 1 saturated carbocycles. The van der Waals surface area contributed by atoms with Crippen LogP contribution in [0, 0.1) is 17.5 Å². The summed E-state index contributed by atoms with van der Waals surface area (Å²) < 4.78 is 45.6. The summed E-state index contributed by atoms with van der Waals surface area (Å²) in [6.07, 6.45) is 4.68. The largest absolute Gasteiger partial charge is 0.380 e. The molecule has 0 radical (unpaired) electrons. The van der Waals surface area contributed by atoms with E-state index in [1.165, 1.54) is 0 Å². The van der Waals surface area contributed by atoms with Crippen LogP contribution in [0.25, 0.3) is 0 Å². The van der Waals surface area contributed by atoms with Gasteiger partial charge in [-0.15, -0.1) is 0 Å². The van der Waals surface area contributed by atoms with Gasteiger partial charge < -0.3 is 10.1 Å². The maximum absolute atomic E-state index is 13.6. The van der Waals surface area contributed by atoms with Gasteiger partial charge in [0, 0.05) is 24.8 Å². The van der Waals surface area contributed by atoms with Crippen LogP contribution in [0.4, 0.5) is 18.9 Å². The third kappa shape index (κ3) is 2.43. The zero-order valence-corrected chi connectivity index (χ0v) is 10.5. The van der Waals surface area contributed by atoms with Crippen molar-refractivity contribution in [1.29, 1.82) is 0 Å². The molecule has 1 saturated heterocycles. The summed E-state index contributed by atoms with van der Waals surface area (Å²) in [6.45, 7) is 0.608. The fraction of sp³-hybridized carbons (Fsp3) is 0.571. The summed E-state index contributed by atoms with van der Waals surface area (Å²) >= 11 is 0. The van der Waals surface area contributed by atoms with E-state index in [1.54, 1.807) is 0 Å². The summed E-state index contributed by atoms with van der Waals surface area (Å²) in [7, 11) is 0. The molecule has 1 atom stereocenters. The van der Waals surface area contributed by atoms with E-state index in [9.17, 15) is 13.2 Å². The van der Waals surface area contributed by atoms with Crippen LogP contribution in [0.15, 0.2) is 12.1 Å². The number of benzene rings is 1. The Labute approximate surface area is 109 Å². The molecule has 1 aromatic rings. The van der Waals surface area contributed by atoms with Crippen molar-refractivity contribution in [3.8, 4) is 0 Å². The summed E-state index contributed by atoms with van der Waals surface area (Å²) in [5.74, 6) is -2.95. The molecule has 0 bridgehead atoms. The molecule has 1 N–H and O–H groups in total. The van der Waals surface area contributed by atoms with E-state index in [1.807, 2.05) is 0 Å². The highest BCUT2D eigenvalue weighted by Crippen LogP contribution is 2.43. The number of rotatable bonds is 2. The molecule has 1 heterocycles. The van der Waals surface area contributed by atoms with Gasteiger partial charge in [0.25, 0.3) is 0 Å². The molecule has 104 valence electrons. The lowest BCUT2D eigenvalue weighted by molar-refractivity contribution is -0.130. The van der Waals surface area contributed by atoms with Crippen molar-refractivity contribution in [2.24, 2.45) is 0 Å². The number of hydrogen-bond acceptors (Lipinski definition) is 2. The molecule has 1 spiro atoms. The Morgan fingerprint density at radius 3 is 2.68 bits per heavy atom. The topological polar surface area (TPSA) is 21.3 Å². The Morgan fingerprint density at radius 2 is 2.00 bits per heavy atom. The van der Waals surface area contributed by atoms with Crippen molar-refractivity contribution < 1.29 is 17.9 Å². The van der Waals surface area contributed by atoms with Gasteiger partial charge in [-0.05, 0) is 32.1 Å². The van der Waals surface area contributed by atoms with E-state index in [4.69, 9.17) is 4.74 Å². The van der Waals surface area contributed by atoms with Gasteiger partial charge >= 0.3 is 0 Å². The van der Waals surface area contributed by atoms with Crippen LogP contribution < -0.4 is 5.32 Å². The Balaban J connectivity index is 1.74. The zero-order chi connectivity index (χ0) is 13.5. The molecule has 1 unspecified atom stereocenters. The van der Waals surface area contributed by atoms with Crippen LogP contribution in [0.2, 0.25) is 0 Å². The van der Waals surface area contributed by atoms with Crippen molar-refractivity contribution in [2.45, 2.75) is 43.7 Å². The van der Waals surface area contributed by atoms with E-state index in [2.05, 4.69) is 5.32 Å². The van der Waals surface area contributed by atoms with Crippen molar-refractivity contribution in [1.82, 2.24) is 0 Å². The SMILES string of the molecule is Fc1cc(F)c(F)c(NC2CCOC3(CCC3)C2)c1. The molecule has 19 heavy (non-hydrogen) atoms. The predicted octanol–water partition coefficient (Wildman–Crippen LogP) is 3.62. The molecule has 3 rings (SSSR count). The minimum Gasteiger partial charge on any atom is -0.380 e. The van der Waals surface area contributed by atoms with E-state index in [0.717, 1.165) is 38.2 Å². The van der Waals surface area contributed by atoms with Crippen molar-refractivity contribution in [2.75, 3.05) is 11.9 Å². The first-order chi connectivity index (χ1) is 9.08. The standard InChI is InChI=1S/C14H16F3NO/c15-9-6-11(16)13(17)12(7-9)18-10-2-5-19-14(8-10)3-1-4-14/h6-7,10,18H,1-5,8H2. The average Bonchev–Trinajstić information content (AvgIpc) is 2.34. The van der Waals surface area contributed by atoms with Crippen molar-refractivity contribution in [3.05, 3.63) is 29.6 Å². The van der Waals surface area contributed by atoms with E-state index < -0.39 is 17.5 Å². The second-order valence-electron chi connectivity index (χ2n) is 5.47. The molecular weight excluding hydrogens is 255 g/mol. The quantitative estimate of drug-likeness (QED) is 0.829. The molecular formula is C14H16F3NO. The van der Waals surface area contributed by atoms with Gasteiger partial charge in [-0.2, -0.15) is 0 Å². The Bertz CT molecular complexity index is 488. The minimum absolute atomic E-state index is 0.00440. The normalized spacial score (nSPS) is 25.1. The first-order valence-electron chi connectivity index (χ1n) is 6.63. The van der Waals surface area contributed by atoms with Crippen LogP contribution in [0.5, 0.6) is 0 Å². The highest BCUT2D eigenvalue weighted by molar-refractivity contribution is 5.46. The second-order valence-corrected chi connectivity index (χ2v) is 5.47. The van der Waals surface area contributed by atoms with Crippen LogP contribution >= 0.6 is 0 Å². The van der Waals surface area contributed by atoms with Gasteiger partial charge in [0.1, 0.15) is 5.82 Å². The molecule has 1 aliphatic heterocycles. The van der Waals surface area contributed by atoms with E-state index in [0.29, 0.717) is 12.7 Å². The number of anilines is 1. The van der Waals surface area contributed by atoms with E-state index in [-0.39, 0.29) is 17.3 Å². The molecule has 2 nitrogen and oxygen atoms in total. The maximum atomic E-state index is 13.6. The molecule has 5 heteroatoms. The first kappa shape index (κ1) is 12.8. The van der Waals surface area contributed by atoms with Crippen LogP contribution in [-0.2, 0) is 4.74 Å². The summed E-state index contributed by atoms with van der Waals surface area (Å²) in [5.41, 5.74) is -0.183. The average molecular weight is 271 g/mol. The number of hydrogen-bond donors (Lipinski definition) is 1. The number of ether oxygens (including phenoxy) is 1. The number of halogens is 3.